The molecule has 0 aromatic heterocycles. The summed E-state index contributed by atoms with van der Waals surface area (Å²) >= 11 is 0. The maximum atomic E-state index is 12.5. The molecule has 0 spiro atoms. The summed E-state index contributed by atoms with van der Waals surface area (Å²) in [4.78, 5) is 0.271. The molecule has 136 valence electrons. The van der Waals surface area contributed by atoms with Gasteiger partial charge in [0.25, 0.3) is 10.1 Å². The van der Waals surface area contributed by atoms with E-state index in [-0.39, 0.29) is 16.4 Å². The van der Waals surface area contributed by atoms with Crippen LogP contribution in [0.4, 0.5) is 0 Å². The van der Waals surface area contributed by atoms with Crippen LogP contribution in [0.25, 0.3) is 0 Å². The molecule has 0 heterocycles. The van der Waals surface area contributed by atoms with Crippen LogP contribution in [0.5, 0.6) is 0 Å². The van der Waals surface area contributed by atoms with E-state index in [1.165, 1.54) is 5.56 Å². The molecule has 1 unspecified atom stereocenters. The van der Waals surface area contributed by atoms with Crippen LogP contribution in [0.1, 0.15) is 78.2 Å². The van der Waals surface area contributed by atoms with Crippen LogP contribution in [-0.2, 0) is 14.3 Å². The standard InChI is InChI=1S/C20H32O3S/c1-6-15(2)16-7-13-19(14-8-16)24(21,22)23-18-11-9-17(10-12-18)20(3,4)5/h7-8,13-15,17-18H,6,9-12H2,1-5H3. The molecule has 1 fully saturated rings. The van der Waals surface area contributed by atoms with E-state index < -0.39 is 10.1 Å². The van der Waals surface area contributed by atoms with E-state index in [0.717, 1.165) is 32.1 Å². The van der Waals surface area contributed by atoms with Crippen molar-refractivity contribution >= 4 is 10.1 Å². The fourth-order valence-electron chi connectivity index (χ4n) is 3.46. The Bertz CT molecular complexity index is 618. The van der Waals surface area contributed by atoms with E-state index in [1.54, 1.807) is 12.1 Å². The maximum Gasteiger partial charge on any atom is 0.297 e. The maximum absolute atomic E-state index is 12.5. The van der Waals surface area contributed by atoms with Crippen molar-refractivity contribution < 1.29 is 12.6 Å². The van der Waals surface area contributed by atoms with Gasteiger partial charge in [0, 0.05) is 0 Å². The van der Waals surface area contributed by atoms with E-state index >= 15 is 0 Å². The van der Waals surface area contributed by atoms with Crippen LogP contribution in [0.15, 0.2) is 29.2 Å². The lowest BCUT2D eigenvalue weighted by molar-refractivity contribution is 0.0924. The molecule has 0 radical (unpaired) electrons. The minimum atomic E-state index is -3.66. The summed E-state index contributed by atoms with van der Waals surface area (Å²) in [5.74, 6) is 1.09. The predicted octanol–water partition coefficient (Wildman–Crippen LogP) is 5.51. The molecule has 1 saturated carbocycles. The average Bonchev–Trinajstić information content (AvgIpc) is 2.53. The van der Waals surface area contributed by atoms with Crippen molar-refractivity contribution in [1.82, 2.24) is 0 Å². The molecule has 1 atom stereocenters. The molecule has 1 aromatic carbocycles. The Morgan fingerprint density at radius 2 is 1.62 bits per heavy atom. The van der Waals surface area contributed by atoms with Gasteiger partial charge in [-0.25, -0.2) is 0 Å². The first-order valence-corrected chi connectivity index (χ1v) is 10.6. The van der Waals surface area contributed by atoms with Gasteiger partial charge in [-0.05, 0) is 67.1 Å². The molecular formula is C20H32O3S. The van der Waals surface area contributed by atoms with Gasteiger partial charge in [0.2, 0.25) is 0 Å². The third kappa shape index (κ3) is 4.82. The van der Waals surface area contributed by atoms with E-state index in [2.05, 4.69) is 34.6 Å². The Morgan fingerprint density at radius 3 is 2.08 bits per heavy atom. The second-order valence-electron chi connectivity index (χ2n) is 8.27. The van der Waals surface area contributed by atoms with Crippen molar-refractivity contribution in [3.8, 4) is 0 Å². The van der Waals surface area contributed by atoms with E-state index in [1.807, 2.05) is 12.1 Å². The first kappa shape index (κ1) is 19.5. The summed E-state index contributed by atoms with van der Waals surface area (Å²) in [6.07, 6.45) is 4.59. The first-order valence-electron chi connectivity index (χ1n) is 9.16. The summed E-state index contributed by atoms with van der Waals surface area (Å²) < 4.78 is 30.5. The molecule has 0 aliphatic heterocycles. The van der Waals surface area contributed by atoms with Crippen LogP contribution in [0, 0.1) is 11.3 Å². The lowest BCUT2D eigenvalue weighted by Gasteiger charge is -2.36. The Balaban J connectivity index is 1.99. The summed E-state index contributed by atoms with van der Waals surface area (Å²) in [6.45, 7) is 11.1. The van der Waals surface area contributed by atoms with Crippen LogP contribution >= 0.6 is 0 Å². The van der Waals surface area contributed by atoms with Crippen LogP contribution in [-0.4, -0.2) is 14.5 Å². The fourth-order valence-corrected chi connectivity index (χ4v) is 4.59. The van der Waals surface area contributed by atoms with Gasteiger partial charge in [-0.15, -0.1) is 0 Å². The third-order valence-corrected chi connectivity index (χ3v) is 6.89. The molecule has 0 saturated heterocycles. The molecule has 4 heteroatoms. The van der Waals surface area contributed by atoms with Gasteiger partial charge in [-0.2, -0.15) is 8.42 Å². The van der Waals surface area contributed by atoms with Gasteiger partial charge in [0.05, 0.1) is 11.0 Å². The number of rotatable bonds is 5. The minimum Gasteiger partial charge on any atom is -0.263 e. The Morgan fingerprint density at radius 1 is 1.08 bits per heavy atom. The molecule has 3 nitrogen and oxygen atoms in total. The highest BCUT2D eigenvalue weighted by molar-refractivity contribution is 7.86. The number of benzene rings is 1. The normalized spacial score (nSPS) is 23.9. The third-order valence-electron chi connectivity index (χ3n) is 5.51. The summed E-state index contributed by atoms with van der Waals surface area (Å²) in [7, 11) is -3.66. The van der Waals surface area contributed by atoms with Gasteiger partial charge in [-0.1, -0.05) is 46.8 Å². The zero-order chi connectivity index (χ0) is 18.0. The predicted molar refractivity (Wildman–Crippen MR) is 98.6 cm³/mol. The second kappa shape index (κ2) is 7.57. The molecule has 0 N–H and O–H groups in total. The average molecular weight is 353 g/mol. The lowest BCUT2D eigenvalue weighted by Crippen LogP contribution is -2.30. The van der Waals surface area contributed by atoms with Crippen molar-refractivity contribution in [2.75, 3.05) is 0 Å². The molecule has 1 aliphatic rings. The topological polar surface area (TPSA) is 43.4 Å². The van der Waals surface area contributed by atoms with Crippen molar-refractivity contribution in [3.05, 3.63) is 29.8 Å². The van der Waals surface area contributed by atoms with Crippen molar-refractivity contribution in [3.63, 3.8) is 0 Å². The van der Waals surface area contributed by atoms with Crippen LogP contribution < -0.4 is 0 Å². The largest absolute Gasteiger partial charge is 0.297 e. The van der Waals surface area contributed by atoms with Crippen molar-refractivity contribution in [2.24, 2.45) is 11.3 Å². The quantitative estimate of drug-likeness (QED) is 0.656. The van der Waals surface area contributed by atoms with Crippen molar-refractivity contribution in [1.29, 1.82) is 0 Å². The monoisotopic (exact) mass is 352 g/mol. The highest BCUT2D eigenvalue weighted by Crippen LogP contribution is 2.39. The highest BCUT2D eigenvalue weighted by Gasteiger charge is 2.32. The van der Waals surface area contributed by atoms with E-state index in [0.29, 0.717) is 11.8 Å². The van der Waals surface area contributed by atoms with E-state index in [4.69, 9.17) is 4.18 Å². The SMILES string of the molecule is CCC(C)c1ccc(S(=O)(=O)OC2CCC(C(C)(C)C)CC2)cc1. The van der Waals surface area contributed by atoms with Gasteiger partial charge < -0.3 is 0 Å². The molecule has 24 heavy (non-hydrogen) atoms. The fraction of sp³-hybridized carbons (Fsp3) is 0.700. The Labute approximate surface area is 147 Å². The molecule has 2 rings (SSSR count). The van der Waals surface area contributed by atoms with Gasteiger partial charge in [-0.3, -0.25) is 4.18 Å². The summed E-state index contributed by atoms with van der Waals surface area (Å²) in [5, 5.41) is 0. The second-order valence-corrected chi connectivity index (χ2v) is 9.84. The highest BCUT2D eigenvalue weighted by atomic mass is 32.2. The van der Waals surface area contributed by atoms with Crippen LogP contribution in [0.3, 0.4) is 0 Å². The zero-order valence-corrected chi connectivity index (χ0v) is 16.5. The summed E-state index contributed by atoms with van der Waals surface area (Å²) in [5.41, 5.74) is 1.46. The molecular weight excluding hydrogens is 320 g/mol. The number of hydrogen-bond donors (Lipinski definition) is 0. The minimum absolute atomic E-state index is 0.178. The molecule has 0 amide bonds. The number of hydrogen-bond acceptors (Lipinski definition) is 3. The lowest BCUT2D eigenvalue weighted by atomic mass is 9.72. The zero-order valence-electron chi connectivity index (χ0n) is 15.7. The summed E-state index contributed by atoms with van der Waals surface area (Å²) in [6, 6.07) is 7.16. The van der Waals surface area contributed by atoms with E-state index in [9.17, 15) is 8.42 Å². The van der Waals surface area contributed by atoms with Gasteiger partial charge >= 0.3 is 0 Å². The molecule has 1 aromatic rings. The van der Waals surface area contributed by atoms with Crippen molar-refractivity contribution in [2.45, 2.75) is 83.6 Å². The van der Waals surface area contributed by atoms with Gasteiger partial charge in [0.15, 0.2) is 0 Å². The Kier molecular flexibility index (Phi) is 6.14. The first-order chi connectivity index (χ1) is 11.1. The Hall–Kier alpha value is -0.870. The smallest absolute Gasteiger partial charge is 0.263 e. The van der Waals surface area contributed by atoms with Crippen LogP contribution in [0.2, 0.25) is 0 Å². The van der Waals surface area contributed by atoms with Gasteiger partial charge in [0.1, 0.15) is 0 Å². The molecule has 0 bridgehead atoms. The molecule has 1 aliphatic carbocycles.